The number of nitrogens with zero attached hydrogens (tertiary/aromatic N) is 1. The summed E-state index contributed by atoms with van der Waals surface area (Å²) < 4.78 is 0. The highest BCUT2D eigenvalue weighted by atomic mass is 35.5. The molecule has 2 aliphatic rings. The molecule has 1 saturated heterocycles. The molecule has 1 N–H and O–H groups in total. The van der Waals surface area contributed by atoms with E-state index >= 15 is 0 Å². The average Bonchev–Trinajstić information content (AvgIpc) is 3.04. The number of hydrogen-bond acceptors (Lipinski definition) is 3. The van der Waals surface area contributed by atoms with Crippen LogP contribution in [-0.2, 0) is 12.8 Å². The molecule has 3 nitrogen and oxygen atoms in total. The van der Waals surface area contributed by atoms with Gasteiger partial charge in [0.1, 0.15) is 0 Å². The quantitative estimate of drug-likeness (QED) is 0.930. The second kappa shape index (κ2) is 6.92. The molecule has 0 spiro atoms. The second-order valence-corrected chi connectivity index (χ2v) is 6.57. The summed E-state index contributed by atoms with van der Waals surface area (Å²) in [5.74, 6) is 0.275. The molecule has 1 aromatic heterocycles. The average molecular weight is 315 g/mol. The van der Waals surface area contributed by atoms with Crippen molar-refractivity contribution in [2.24, 2.45) is 0 Å². The van der Waals surface area contributed by atoms with Crippen LogP contribution in [0, 0.1) is 0 Å². The van der Waals surface area contributed by atoms with E-state index in [-0.39, 0.29) is 18.3 Å². The molecule has 1 aliphatic heterocycles. The fourth-order valence-corrected chi connectivity index (χ4v) is 4.50. The first-order valence-electron chi connectivity index (χ1n) is 7.36. The minimum atomic E-state index is 0. The van der Waals surface area contributed by atoms with Crippen LogP contribution in [0.15, 0.2) is 5.38 Å². The van der Waals surface area contributed by atoms with Crippen molar-refractivity contribution in [1.82, 2.24) is 10.2 Å². The van der Waals surface area contributed by atoms with E-state index in [1.165, 1.54) is 29.7 Å². The van der Waals surface area contributed by atoms with Gasteiger partial charge in [-0.1, -0.05) is 0 Å². The SMILES string of the molecule is CNCC1CCCN1C(=O)c1csc2c1CCCC2.Cl. The lowest BCUT2D eigenvalue weighted by molar-refractivity contribution is 0.0736. The van der Waals surface area contributed by atoms with Gasteiger partial charge in [0.2, 0.25) is 0 Å². The van der Waals surface area contributed by atoms with Gasteiger partial charge in [-0.2, -0.15) is 0 Å². The largest absolute Gasteiger partial charge is 0.334 e. The molecule has 1 aromatic rings. The number of likely N-dealkylation sites (N-methyl/N-ethyl adjacent to an activating group) is 1. The molecule has 1 aliphatic carbocycles. The molecular weight excluding hydrogens is 292 g/mol. The first kappa shape index (κ1) is 15.8. The second-order valence-electron chi connectivity index (χ2n) is 5.61. The van der Waals surface area contributed by atoms with Crippen molar-refractivity contribution < 1.29 is 4.79 Å². The summed E-state index contributed by atoms with van der Waals surface area (Å²) in [5, 5.41) is 5.32. The van der Waals surface area contributed by atoms with Gasteiger partial charge in [0.15, 0.2) is 0 Å². The highest BCUT2D eigenvalue weighted by Crippen LogP contribution is 2.32. The van der Waals surface area contributed by atoms with Gasteiger partial charge in [0.25, 0.3) is 5.91 Å². The highest BCUT2D eigenvalue weighted by molar-refractivity contribution is 7.10. The van der Waals surface area contributed by atoms with Crippen LogP contribution in [-0.4, -0.2) is 37.0 Å². The molecule has 20 heavy (non-hydrogen) atoms. The summed E-state index contributed by atoms with van der Waals surface area (Å²) in [6.07, 6.45) is 7.08. The third-order valence-corrected chi connectivity index (χ3v) is 5.46. The van der Waals surface area contributed by atoms with Crippen molar-refractivity contribution in [3.8, 4) is 0 Å². The lowest BCUT2D eigenvalue weighted by Crippen LogP contribution is -2.41. The third kappa shape index (κ3) is 2.87. The third-order valence-electron chi connectivity index (χ3n) is 4.37. The Kier molecular flexibility index (Phi) is 5.47. The predicted octanol–water partition coefficient (Wildman–Crippen LogP) is 2.87. The number of carbonyl (C=O) groups excluding carboxylic acids is 1. The van der Waals surface area contributed by atoms with Crippen LogP contribution in [0.3, 0.4) is 0 Å². The van der Waals surface area contributed by atoms with Crippen LogP contribution in [0.4, 0.5) is 0 Å². The molecule has 0 saturated carbocycles. The zero-order chi connectivity index (χ0) is 13.2. The number of amides is 1. The number of rotatable bonds is 3. The van der Waals surface area contributed by atoms with Crippen LogP contribution in [0.1, 0.15) is 46.5 Å². The summed E-state index contributed by atoms with van der Waals surface area (Å²) in [7, 11) is 1.97. The van der Waals surface area contributed by atoms with Crippen LogP contribution < -0.4 is 5.32 Å². The number of carbonyl (C=O) groups is 1. The number of fused-ring (bicyclic) bond motifs is 1. The summed E-state index contributed by atoms with van der Waals surface area (Å²) in [4.78, 5) is 16.3. The van der Waals surface area contributed by atoms with E-state index in [4.69, 9.17) is 0 Å². The Bertz CT molecular complexity index is 474. The van der Waals surface area contributed by atoms with Gasteiger partial charge >= 0.3 is 0 Å². The maximum absolute atomic E-state index is 12.8. The van der Waals surface area contributed by atoms with Gasteiger partial charge < -0.3 is 10.2 Å². The molecule has 5 heteroatoms. The van der Waals surface area contributed by atoms with Crippen LogP contribution in [0.2, 0.25) is 0 Å². The molecule has 1 amide bonds. The van der Waals surface area contributed by atoms with Gasteiger partial charge in [-0.15, -0.1) is 23.7 Å². The molecule has 2 heterocycles. The molecule has 112 valence electrons. The van der Waals surface area contributed by atoms with E-state index in [1.54, 1.807) is 11.3 Å². The van der Waals surface area contributed by atoms with Crippen LogP contribution in [0.25, 0.3) is 0 Å². The molecule has 0 bridgehead atoms. The zero-order valence-corrected chi connectivity index (χ0v) is 13.6. The van der Waals surface area contributed by atoms with E-state index in [1.807, 2.05) is 7.05 Å². The molecule has 1 unspecified atom stereocenters. The first-order chi connectivity index (χ1) is 9.31. The van der Waals surface area contributed by atoms with Gasteiger partial charge in [-0.25, -0.2) is 0 Å². The number of aryl methyl sites for hydroxylation is 1. The molecular formula is C15H23ClN2OS. The highest BCUT2D eigenvalue weighted by Gasteiger charge is 2.31. The Morgan fingerprint density at radius 2 is 2.20 bits per heavy atom. The fraction of sp³-hybridized carbons (Fsp3) is 0.667. The summed E-state index contributed by atoms with van der Waals surface area (Å²) in [6.45, 7) is 1.84. The van der Waals surface area contributed by atoms with E-state index < -0.39 is 0 Å². The van der Waals surface area contributed by atoms with Gasteiger partial charge in [-0.05, 0) is 51.1 Å². The normalized spacial score (nSPS) is 21.4. The first-order valence-corrected chi connectivity index (χ1v) is 8.24. The fourth-order valence-electron chi connectivity index (χ4n) is 3.38. The van der Waals surface area contributed by atoms with E-state index in [0.29, 0.717) is 6.04 Å². The Hall–Kier alpha value is -0.580. The number of hydrogen-bond donors (Lipinski definition) is 1. The van der Waals surface area contributed by atoms with Gasteiger partial charge in [0, 0.05) is 29.4 Å². The Balaban J connectivity index is 0.00000147. The molecule has 0 radical (unpaired) electrons. The number of thiophene rings is 1. The van der Waals surface area contributed by atoms with Crippen molar-refractivity contribution >= 4 is 29.7 Å². The monoisotopic (exact) mass is 314 g/mol. The van der Waals surface area contributed by atoms with E-state index in [9.17, 15) is 4.79 Å². The van der Waals surface area contributed by atoms with E-state index in [2.05, 4.69) is 15.6 Å². The van der Waals surface area contributed by atoms with Crippen molar-refractivity contribution in [3.05, 3.63) is 21.4 Å². The van der Waals surface area contributed by atoms with Crippen LogP contribution >= 0.6 is 23.7 Å². The Morgan fingerprint density at radius 1 is 1.40 bits per heavy atom. The van der Waals surface area contributed by atoms with Crippen molar-refractivity contribution in [3.63, 3.8) is 0 Å². The number of halogens is 1. The van der Waals surface area contributed by atoms with Gasteiger partial charge in [-0.3, -0.25) is 4.79 Å². The Morgan fingerprint density at radius 3 is 3.00 bits per heavy atom. The van der Waals surface area contributed by atoms with Crippen molar-refractivity contribution in [2.75, 3.05) is 20.1 Å². The lowest BCUT2D eigenvalue weighted by Gasteiger charge is -2.25. The zero-order valence-electron chi connectivity index (χ0n) is 12.0. The topological polar surface area (TPSA) is 32.3 Å². The number of likely N-dealkylation sites (tertiary alicyclic amines) is 1. The van der Waals surface area contributed by atoms with E-state index in [0.717, 1.165) is 37.9 Å². The smallest absolute Gasteiger partial charge is 0.255 e. The van der Waals surface area contributed by atoms with Gasteiger partial charge in [0.05, 0.1) is 5.56 Å². The summed E-state index contributed by atoms with van der Waals surface area (Å²) in [5.41, 5.74) is 2.36. The van der Waals surface area contributed by atoms with Crippen molar-refractivity contribution in [2.45, 2.75) is 44.6 Å². The molecule has 3 rings (SSSR count). The standard InChI is InChI=1S/C15H22N2OS.ClH/c1-16-9-11-5-4-8-17(11)15(18)13-10-19-14-7-3-2-6-12(13)14;/h10-11,16H,2-9H2,1H3;1H. The summed E-state index contributed by atoms with van der Waals surface area (Å²) >= 11 is 1.79. The summed E-state index contributed by atoms with van der Waals surface area (Å²) in [6, 6.07) is 0.386. The van der Waals surface area contributed by atoms with Crippen molar-refractivity contribution in [1.29, 1.82) is 0 Å². The molecule has 1 atom stereocenters. The molecule has 0 aromatic carbocycles. The lowest BCUT2D eigenvalue weighted by atomic mass is 9.95. The Labute approximate surface area is 131 Å². The number of nitrogens with one attached hydrogen (secondary N) is 1. The predicted molar refractivity (Wildman–Crippen MR) is 86.2 cm³/mol. The minimum Gasteiger partial charge on any atom is -0.334 e. The minimum absolute atomic E-state index is 0. The molecule has 1 fully saturated rings. The maximum atomic E-state index is 12.8. The van der Waals surface area contributed by atoms with Crippen LogP contribution in [0.5, 0.6) is 0 Å². The maximum Gasteiger partial charge on any atom is 0.255 e.